The van der Waals surface area contributed by atoms with Crippen LogP contribution in [0.25, 0.3) is 0 Å². The lowest BCUT2D eigenvalue weighted by molar-refractivity contribution is 0.373. The molecule has 1 aromatic heterocycles. The van der Waals surface area contributed by atoms with Gasteiger partial charge in [-0.25, -0.2) is 0 Å². The first-order valence-corrected chi connectivity index (χ1v) is 6.61. The molecular weight excluding hydrogens is 262 g/mol. The molecule has 1 heterocycles. The summed E-state index contributed by atoms with van der Waals surface area (Å²) in [5, 5.41) is 12.1. The van der Waals surface area contributed by atoms with Crippen LogP contribution in [0.1, 0.15) is 38.1 Å². The summed E-state index contributed by atoms with van der Waals surface area (Å²) in [4.78, 5) is 0. The Labute approximate surface area is 118 Å². The van der Waals surface area contributed by atoms with Crippen molar-refractivity contribution in [1.82, 2.24) is 15.5 Å². The number of aromatic nitrogens is 2. The number of nitrogens with one attached hydrogen (secondary N) is 1. The van der Waals surface area contributed by atoms with Crippen LogP contribution in [0.3, 0.4) is 0 Å². The zero-order chi connectivity index (χ0) is 13.9. The van der Waals surface area contributed by atoms with Crippen molar-refractivity contribution in [2.24, 2.45) is 0 Å². The van der Waals surface area contributed by atoms with Crippen molar-refractivity contribution in [3.05, 3.63) is 46.6 Å². The van der Waals surface area contributed by atoms with Crippen molar-refractivity contribution in [2.75, 3.05) is 0 Å². The molecule has 2 rings (SSSR count). The van der Waals surface area contributed by atoms with Gasteiger partial charge in [0.25, 0.3) is 0 Å². The zero-order valence-corrected chi connectivity index (χ0v) is 12.2. The molecule has 4 nitrogen and oxygen atoms in total. The van der Waals surface area contributed by atoms with E-state index < -0.39 is 0 Å². The Hall–Kier alpha value is -1.39. The Morgan fingerprint density at radius 1 is 1.11 bits per heavy atom. The van der Waals surface area contributed by atoms with Gasteiger partial charge in [0.1, 0.15) is 0 Å². The Morgan fingerprint density at radius 3 is 2.37 bits per heavy atom. The second kappa shape index (κ2) is 5.72. The lowest BCUT2D eigenvalue weighted by atomic mass is 10.1. The second-order valence-corrected chi connectivity index (χ2v) is 5.93. The molecule has 0 fully saturated rings. The van der Waals surface area contributed by atoms with Crippen molar-refractivity contribution < 1.29 is 4.42 Å². The quantitative estimate of drug-likeness (QED) is 0.934. The normalized spacial score (nSPS) is 11.8. The van der Waals surface area contributed by atoms with E-state index >= 15 is 0 Å². The molecule has 19 heavy (non-hydrogen) atoms. The summed E-state index contributed by atoms with van der Waals surface area (Å²) in [5.74, 6) is 1.23. The number of hydrogen-bond acceptors (Lipinski definition) is 4. The first-order valence-electron chi connectivity index (χ1n) is 6.23. The molecule has 0 bridgehead atoms. The number of hydrogen-bond donors (Lipinski definition) is 1. The van der Waals surface area contributed by atoms with Crippen LogP contribution < -0.4 is 5.32 Å². The van der Waals surface area contributed by atoms with E-state index in [9.17, 15) is 0 Å². The van der Waals surface area contributed by atoms with E-state index in [2.05, 4.69) is 36.3 Å². The molecular formula is C14H18ClN3O. The van der Waals surface area contributed by atoms with Crippen molar-refractivity contribution in [1.29, 1.82) is 0 Å². The van der Waals surface area contributed by atoms with Crippen LogP contribution in [0.4, 0.5) is 0 Å². The van der Waals surface area contributed by atoms with Crippen LogP contribution in [0.2, 0.25) is 5.02 Å². The topological polar surface area (TPSA) is 51.0 Å². The van der Waals surface area contributed by atoms with E-state index in [-0.39, 0.29) is 5.54 Å². The Kier molecular flexibility index (Phi) is 4.22. The maximum Gasteiger partial charge on any atom is 0.230 e. The van der Waals surface area contributed by atoms with E-state index in [4.69, 9.17) is 16.0 Å². The van der Waals surface area contributed by atoms with Crippen molar-refractivity contribution >= 4 is 11.6 Å². The summed E-state index contributed by atoms with van der Waals surface area (Å²) in [7, 11) is 0. The minimum Gasteiger partial charge on any atom is -0.424 e. The third kappa shape index (κ3) is 4.65. The van der Waals surface area contributed by atoms with Gasteiger partial charge in [0.2, 0.25) is 11.8 Å². The molecule has 0 spiro atoms. The van der Waals surface area contributed by atoms with Gasteiger partial charge in [-0.3, -0.25) is 0 Å². The average Bonchev–Trinajstić information content (AvgIpc) is 2.77. The molecule has 0 saturated carbocycles. The fraction of sp³-hybridized carbons (Fsp3) is 0.429. The molecule has 0 radical (unpaired) electrons. The lowest BCUT2D eigenvalue weighted by Crippen LogP contribution is -2.35. The smallest absolute Gasteiger partial charge is 0.230 e. The minimum absolute atomic E-state index is 0.0326. The molecule has 0 aliphatic heterocycles. The fourth-order valence-electron chi connectivity index (χ4n) is 1.55. The van der Waals surface area contributed by atoms with Crippen LogP contribution in [0.5, 0.6) is 0 Å². The number of rotatable bonds is 4. The Morgan fingerprint density at radius 2 is 1.74 bits per heavy atom. The molecule has 5 heteroatoms. The van der Waals surface area contributed by atoms with Gasteiger partial charge in [-0.2, -0.15) is 0 Å². The van der Waals surface area contributed by atoms with Gasteiger partial charge in [-0.05, 0) is 38.5 Å². The van der Waals surface area contributed by atoms with Gasteiger partial charge < -0.3 is 9.73 Å². The van der Waals surface area contributed by atoms with Crippen LogP contribution >= 0.6 is 11.6 Å². The van der Waals surface area contributed by atoms with E-state index in [0.717, 1.165) is 10.6 Å². The molecule has 0 saturated heterocycles. The molecule has 0 amide bonds. The molecule has 0 atom stereocenters. The van der Waals surface area contributed by atoms with Crippen LogP contribution in [-0.4, -0.2) is 15.7 Å². The van der Waals surface area contributed by atoms with Gasteiger partial charge in [-0.1, -0.05) is 23.7 Å². The summed E-state index contributed by atoms with van der Waals surface area (Å²) in [6.07, 6.45) is 0.625. The van der Waals surface area contributed by atoms with Crippen LogP contribution in [0, 0.1) is 0 Å². The first-order chi connectivity index (χ1) is 8.92. The fourth-order valence-corrected chi connectivity index (χ4v) is 1.67. The number of nitrogens with zero attached hydrogens (tertiary/aromatic N) is 2. The zero-order valence-electron chi connectivity index (χ0n) is 11.4. The standard InChI is InChI=1S/C14H18ClN3O/c1-14(2,3)16-9-13-18-17-12(19-13)8-10-4-6-11(15)7-5-10/h4-7,16H,8-9H2,1-3H3. The molecule has 0 unspecified atom stereocenters. The Bertz CT molecular complexity index is 528. The summed E-state index contributed by atoms with van der Waals surface area (Å²) >= 11 is 5.84. The molecule has 1 aromatic carbocycles. The number of benzene rings is 1. The molecule has 0 aliphatic rings. The summed E-state index contributed by atoms with van der Waals surface area (Å²) in [5.41, 5.74) is 1.13. The van der Waals surface area contributed by atoms with Gasteiger partial charge in [0, 0.05) is 10.6 Å². The lowest BCUT2D eigenvalue weighted by Gasteiger charge is -2.18. The molecule has 102 valence electrons. The van der Waals surface area contributed by atoms with Gasteiger partial charge in [-0.15, -0.1) is 10.2 Å². The maximum atomic E-state index is 5.84. The predicted molar refractivity (Wildman–Crippen MR) is 75.1 cm³/mol. The Balaban J connectivity index is 1.95. The monoisotopic (exact) mass is 279 g/mol. The average molecular weight is 280 g/mol. The SMILES string of the molecule is CC(C)(C)NCc1nnc(Cc2ccc(Cl)cc2)o1. The van der Waals surface area contributed by atoms with Crippen molar-refractivity contribution in [3.8, 4) is 0 Å². The predicted octanol–water partition coefficient (Wildman–Crippen LogP) is 3.20. The van der Waals surface area contributed by atoms with E-state index in [0.29, 0.717) is 24.7 Å². The summed E-state index contributed by atoms with van der Waals surface area (Å²) in [6.45, 7) is 6.87. The largest absolute Gasteiger partial charge is 0.424 e. The highest BCUT2D eigenvalue weighted by Gasteiger charge is 2.12. The van der Waals surface area contributed by atoms with Gasteiger partial charge >= 0.3 is 0 Å². The van der Waals surface area contributed by atoms with E-state index in [1.54, 1.807) is 0 Å². The van der Waals surface area contributed by atoms with Crippen molar-refractivity contribution in [3.63, 3.8) is 0 Å². The summed E-state index contributed by atoms with van der Waals surface area (Å²) < 4.78 is 5.60. The second-order valence-electron chi connectivity index (χ2n) is 5.50. The van der Waals surface area contributed by atoms with Crippen LogP contribution in [0.15, 0.2) is 28.7 Å². The van der Waals surface area contributed by atoms with Gasteiger partial charge in [0.15, 0.2) is 0 Å². The highest BCUT2D eigenvalue weighted by molar-refractivity contribution is 6.30. The van der Waals surface area contributed by atoms with Gasteiger partial charge in [0.05, 0.1) is 13.0 Å². The van der Waals surface area contributed by atoms with Crippen molar-refractivity contribution in [2.45, 2.75) is 39.3 Å². The van der Waals surface area contributed by atoms with E-state index in [1.165, 1.54) is 0 Å². The first kappa shape index (κ1) is 14.0. The summed E-state index contributed by atoms with van der Waals surface area (Å²) in [6, 6.07) is 7.63. The number of halogens is 1. The highest BCUT2D eigenvalue weighted by atomic mass is 35.5. The molecule has 0 aliphatic carbocycles. The third-order valence-corrected chi connectivity index (χ3v) is 2.80. The molecule has 2 aromatic rings. The van der Waals surface area contributed by atoms with Crippen LogP contribution in [-0.2, 0) is 13.0 Å². The maximum absolute atomic E-state index is 5.84. The third-order valence-electron chi connectivity index (χ3n) is 2.55. The minimum atomic E-state index is 0.0326. The molecule has 1 N–H and O–H groups in total. The highest BCUT2D eigenvalue weighted by Crippen LogP contribution is 2.13. The van der Waals surface area contributed by atoms with E-state index in [1.807, 2.05) is 24.3 Å².